The third kappa shape index (κ3) is 11.4. The highest BCUT2D eigenvalue weighted by Gasteiger charge is 2.21. The van der Waals surface area contributed by atoms with Gasteiger partial charge in [0.25, 0.3) is 5.56 Å². The first-order valence-electron chi connectivity index (χ1n) is 17.6. The molecule has 0 unspecified atom stereocenters. The first kappa shape index (κ1) is 49.8. The molecule has 0 saturated carbocycles. The van der Waals surface area contributed by atoms with E-state index in [-0.39, 0.29) is 71.2 Å². The fourth-order valence-electron chi connectivity index (χ4n) is 5.28. The summed E-state index contributed by atoms with van der Waals surface area (Å²) in [6.45, 7) is 3.21. The van der Waals surface area contributed by atoms with Gasteiger partial charge in [-0.2, -0.15) is 28.1 Å². The van der Waals surface area contributed by atoms with Crippen LogP contribution in [0, 0.1) is 100 Å². The van der Waals surface area contributed by atoms with Gasteiger partial charge in [0.15, 0.2) is 33.7 Å². The Balaban J connectivity index is 0.000000170. The van der Waals surface area contributed by atoms with E-state index in [0.29, 0.717) is 11.4 Å². The molecule has 0 radical (unpaired) electrons. The van der Waals surface area contributed by atoms with E-state index >= 15 is 0 Å². The Morgan fingerprint density at radius 1 is 0.500 bits per heavy atom. The lowest BCUT2D eigenvalue weighted by molar-refractivity contribution is -0.387. The predicted molar refractivity (Wildman–Crippen MR) is 230 cm³/mol. The normalized spacial score (nSPS) is 10.3. The van der Waals surface area contributed by atoms with Crippen LogP contribution in [-0.4, -0.2) is 59.6 Å². The smallest absolute Gasteiger partial charge is 0.307 e. The number of aryl methyl sites for hydroxylation is 2. The van der Waals surface area contributed by atoms with Crippen molar-refractivity contribution in [2.75, 3.05) is 10.6 Å². The molecule has 0 aliphatic carbocycles. The van der Waals surface area contributed by atoms with E-state index in [4.69, 9.17) is 45.3 Å². The molecular weight excluding hydrogens is 983 g/mol. The SMILES string of the molecule is Cc1nc2cc(F)c([N+](=O)[O-])cc2nc1Cl.Cc1nc2cc(F)c([N+](=O)[O-])cc2nc1NC#N.N#CNc1nc2cc([N+](=O)[O-])c(F)cc2[nH]c1=O.O=[N+]([O-])c1cc2nc(Cl)c(Cl)nc2cc1F. The molecule has 68 heavy (non-hydrogen) atoms. The highest BCUT2D eigenvalue weighted by Crippen LogP contribution is 2.28. The van der Waals surface area contributed by atoms with Crippen molar-refractivity contribution in [2.45, 2.75) is 13.8 Å². The van der Waals surface area contributed by atoms with Crippen molar-refractivity contribution in [1.29, 1.82) is 10.5 Å². The van der Waals surface area contributed by atoms with Crippen LogP contribution in [0.1, 0.15) is 11.4 Å². The number of fused-ring (bicyclic) bond motifs is 4. The summed E-state index contributed by atoms with van der Waals surface area (Å²) in [6, 6.07) is 7.46. The van der Waals surface area contributed by atoms with Gasteiger partial charge in [0.2, 0.25) is 29.1 Å². The average molecular weight is 1000 g/mol. The summed E-state index contributed by atoms with van der Waals surface area (Å²) in [5.74, 6) is -4.11. The van der Waals surface area contributed by atoms with Gasteiger partial charge in [0, 0.05) is 48.5 Å². The summed E-state index contributed by atoms with van der Waals surface area (Å²) in [6.07, 6.45) is 3.18. The van der Waals surface area contributed by atoms with Crippen LogP contribution < -0.4 is 16.2 Å². The van der Waals surface area contributed by atoms with Crippen molar-refractivity contribution < 1.29 is 37.3 Å². The number of rotatable bonds is 6. The molecule has 0 atom stereocenters. The standard InChI is InChI=1S/C10H6FN5O2.C9H5ClFN3O2.C9H4FN5O3.C8H2Cl2FN3O2/c1-5-10(13-4-12)15-8-3-9(16(17)18)6(11)2-7(8)14-5;1-4-9(10)13-7-3-8(14(15)16)5(11)2-6(7)12-4;10-4-1-5-6(2-7(4)15(17)18)13-8(12-3-11)9(16)14-5;9-7-8(10)13-5-2-6(14(15)16)3(11)1-4(5)12-7/h2-3H,1H3,(H,13,15);2-3H,1H3;1-2H,(H,12,13)(H,14,16);1-2H. The minimum Gasteiger partial charge on any atom is -0.317 e. The van der Waals surface area contributed by atoms with Gasteiger partial charge < -0.3 is 4.98 Å². The van der Waals surface area contributed by atoms with Gasteiger partial charge in [-0.1, -0.05) is 34.8 Å². The Hall–Kier alpha value is -9.19. The molecule has 8 rings (SSSR count). The zero-order valence-corrected chi connectivity index (χ0v) is 35.5. The molecule has 8 aromatic rings. The predicted octanol–water partition coefficient (Wildman–Crippen LogP) is 8.36. The first-order chi connectivity index (χ1) is 32.0. The largest absolute Gasteiger partial charge is 0.317 e. The molecule has 0 fully saturated rings. The monoisotopic (exact) mass is 998 g/mol. The molecule has 25 nitrogen and oxygen atoms in total. The quantitative estimate of drug-likeness (QED) is 0.0462. The van der Waals surface area contributed by atoms with Crippen LogP contribution in [0.4, 0.5) is 51.9 Å². The molecule has 3 N–H and O–H groups in total. The van der Waals surface area contributed by atoms with Crippen LogP contribution in [0.2, 0.25) is 15.5 Å². The van der Waals surface area contributed by atoms with Crippen molar-refractivity contribution in [3.05, 3.63) is 149 Å². The maximum absolute atomic E-state index is 13.4. The molecule has 4 aromatic heterocycles. The zero-order valence-electron chi connectivity index (χ0n) is 33.3. The summed E-state index contributed by atoms with van der Waals surface area (Å²) in [5.41, 5.74) is -1.63. The zero-order chi connectivity index (χ0) is 50.3. The number of hydrogen-bond donors (Lipinski definition) is 3. The number of nitrogens with one attached hydrogen (secondary N) is 3. The second kappa shape index (κ2) is 20.8. The molecular formula is C36H17Cl3F4N16O9. The molecule has 4 aromatic carbocycles. The van der Waals surface area contributed by atoms with E-state index in [1.54, 1.807) is 20.0 Å². The summed E-state index contributed by atoms with van der Waals surface area (Å²) in [4.78, 5) is 79.4. The molecule has 32 heteroatoms. The third-order valence-electron chi connectivity index (χ3n) is 8.30. The lowest BCUT2D eigenvalue weighted by Crippen LogP contribution is -2.13. The van der Waals surface area contributed by atoms with Crippen molar-refractivity contribution in [2.24, 2.45) is 0 Å². The molecule has 0 aliphatic rings. The Kier molecular flexibility index (Phi) is 15.2. The molecule has 0 saturated heterocycles. The Bertz CT molecular complexity index is 3480. The van der Waals surface area contributed by atoms with Crippen molar-refractivity contribution in [3.63, 3.8) is 0 Å². The van der Waals surface area contributed by atoms with Crippen LogP contribution in [0.25, 0.3) is 44.1 Å². The first-order valence-corrected chi connectivity index (χ1v) is 18.7. The molecule has 0 bridgehead atoms. The summed E-state index contributed by atoms with van der Waals surface area (Å²) in [5, 5.41) is 63.3. The number of nitrogens with zero attached hydrogens (tertiary/aromatic N) is 13. The second-order valence-corrected chi connectivity index (χ2v) is 13.8. The van der Waals surface area contributed by atoms with Gasteiger partial charge in [-0.05, 0) is 13.8 Å². The van der Waals surface area contributed by atoms with Gasteiger partial charge in [-0.3, -0.25) is 55.9 Å². The van der Waals surface area contributed by atoms with Crippen molar-refractivity contribution in [3.8, 4) is 12.4 Å². The molecule has 0 aliphatic heterocycles. The number of H-pyrrole nitrogens is 1. The van der Waals surface area contributed by atoms with Gasteiger partial charge in [0.05, 0.1) is 75.2 Å². The average Bonchev–Trinajstić information content (AvgIpc) is 3.25. The molecule has 0 amide bonds. The number of nitro benzene ring substituents is 4. The number of anilines is 2. The highest BCUT2D eigenvalue weighted by molar-refractivity contribution is 6.40. The highest BCUT2D eigenvalue weighted by atomic mass is 35.5. The lowest BCUT2D eigenvalue weighted by atomic mass is 10.2. The van der Waals surface area contributed by atoms with E-state index in [9.17, 15) is 62.8 Å². The minimum atomic E-state index is -1.08. The van der Waals surface area contributed by atoms with Gasteiger partial charge in [-0.15, -0.1) is 0 Å². The van der Waals surface area contributed by atoms with E-state index in [1.165, 1.54) is 6.19 Å². The van der Waals surface area contributed by atoms with Gasteiger partial charge >= 0.3 is 22.7 Å². The summed E-state index contributed by atoms with van der Waals surface area (Å²) >= 11 is 16.9. The maximum Gasteiger partial charge on any atom is 0.307 e. The topological polar surface area (TPSA) is 367 Å². The lowest BCUT2D eigenvalue weighted by Gasteiger charge is -2.04. The van der Waals surface area contributed by atoms with Crippen molar-refractivity contribution >= 4 is 113 Å². The Morgan fingerprint density at radius 3 is 1.25 bits per heavy atom. The van der Waals surface area contributed by atoms with E-state index in [0.717, 1.165) is 48.5 Å². The Morgan fingerprint density at radius 2 is 0.824 bits per heavy atom. The third-order valence-corrected chi connectivity index (χ3v) is 9.29. The number of benzene rings is 4. The number of nitriles is 2. The minimum absolute atomic E-state index is 0.000417. The summed E-state index contributed by atoms with van der Waals surface area (Å²) in [7, 11) is 0. The van der Waals surface area contributed by atoms with Crippen LogP contribution in [0.5, 0.6) is 0 Å². The maximum atomic E-state index is 13.4. The number of hydrogen-bond acceptors (Lipinski definition) is 20. The molecule has 4 heterocycles. The van der Waals surface area contributed by atoms with Crippen molar-refractivity contribution in [1.82, 2.24) is 39.9 Å². The fraction of sp³-hybridized carbons (Fsp3) is 0.0556. The van der Waals surface area contributed by atoms with E-state index < -0.39 is 71.3 Å². The second-order valence-electron chi connectivity index (χ2n) is 12.7. The van der Waals surface area contributed by atoms with E-state index in [2.05, 4.69) is 45.2 Å². The van der Waals surface area contributed by atoms with E-state index in [1.807, 2.05) is 5.32 Å². The van der Waals surface area contributed by atoms with Crippen LogP contribution >= 0.6 is 34.8 Å². The number of halogens is 7. The fourth-order valence-corrected chi connectivity index (χ4v) is 5.68. The van der Waals surface area contributed by atoms with Crippen LogP contribution in [0.15, 0.2) is 53.3 Å². The van der Waals surface area contributed by atoms with Gasteiger partial charge in [-0.25, -0.2) is 34.9 Å². The number of nitro groups is 4. The van der Waals surface area contributed by atoms with Crippen LogP contribution in [-0.2, 0) is 0 Å². The summed E-state index contributed by atoms with van der Waals surface area (Å²) < 4.78 is 53.1. The van der Waals surface area contributed by atoms with Gasteiger partial charge in [0.1, 0.15) is 0 Å². The molecule has 344 valence electrons. The molecule has 0 spiro atoms. The number of aromatic nitrogens is 8. The Labute approximate surface area is 386 Å². The van der Waals surface area contributed by atoms with Crippen LogP contribution in [0.3, 0.4) is 0 Å². The number of aromatic amines is 1.